The van der Waals surface area contributed by atoms with Gasteiger partial charge in [-0.1, -0.05) is 0 Å². The molecule has 0 unspecified atom stereocenters. The highest BCUT2D eigenvalue weighted by Gasteiger charge is 2.19. The number of anilines is 1. The lowest BCUT2D eigenvalue weighted by Crippen LogP contribution is -2.15. The van der Waals surface area contributed by atoms with Gasteiger partial charge in [0.25, 0.3) is 5.91 Å². The normalized spacial score (nSPS) is 10.8. The summed E-state index contributed by atoms with van der Waals surface area (Å²) in [5.74, 6) is 1.02. The molecule has 1 amide bonds. The highest BCUT2D eigenvalue weighted by Crippen LogP contribution is 2.18. The predicted molar refractivity (Wildman–Crippen MR) is 78.5 cm³/mol. The fourth-order valence-electron chi connectivity index (χ4n) is 2.15. The van der Waals surface area contributed by atoms with E-state index in [4.69, 9.17) is 0 Å². The zero-order valence-electron chi connectivity index (χ0n) is 12.1. The summed E-state index contributed by atoms with van der Waals surface area (Å²) in [6.45, 7) is 3.82. The second-order valence-corrected chi connectivity index (χ2v) is 4.87. The van der Waals surface area contributed by atoms with Gasteiger partial charge in [0.2, 0.25) is 0 Å². The number of rotatable bonds is 3. The third-order valence-corrected chi connectivity index (χ3v) is 3.49. The number of amides is 1. The number of carbonyl (C=O) groups is 1. The van der Waals surface area contributed by atoms with Crippen molar-refractivity contribution in [3.05, 3.63) is 47.5 Å². The Balaban J connectivity index is 1.94. The van der Waals surface area contributed by atoms with Gasteiger partial charge < -0.3 is 9.88 Å². The molecule has 7 heteroatoms. The molecule has 0 fully saturated rings. The van der Waals surface area contributed by atoms with Crippen LogP contribution in [0.15, 0.2) is 30.7 Å². The number of aromatic amines is 1. The molecule has 0 saturated heterocycles. The number of aryl methyl sites for hydroxylation is 2. The van der Waals surface area contributed by atoms with Gasteiger partial charge in [-0.25, -0.2) is 0 Å². The molecule has 0 aliphatic rings. The maximum atomic E-state index is 12.5. The van der Waals surface area contributed by atoms with Gasteiger partial charge in [-0.3, -0.25) is 14.6 Å². The largest absolute Gasteiger partial charge is 0.308 e. The van der Waals surface area contributed by atoms with Crippen LogP contribution < -0.4 is 5.32 Å². The lowest BCUT2D eigenvalue weighted by atomic mass is 10.2. The van der Waals surface area contributed by atoms with E-state index in [0.717, 1.165) is 11.3 Å². The molecule has 3 aromatic heterocycles. The standard InChI is InChI=1S/C14H16N6O/c1-9-10(2)17-18-12(9)16-13(21)11-8-15-19(3)14(11)20-6-4-5-7-20/h4-8H,1-3H3,(H2,16,17,18,21). The second kappa shape index (κ2) is 4.93. The molecule has 0 radical (unpaired) electrons. The van der Waals surface area contributed by atoms with E-state index >= 15 is 0 Å². The summed E-state index contributed by atoms with van der Waals surface area (Å²) in [6, 6.07) is 3.80. The molecule has 3 heterocycles. The zero-order chi connectivity index (χ0) is 15.0. The predicted octanol–water partition coefficient (Wildman–Crippen LogP) is 1.80. The van der Waals surface area contributed by atoms with E-state index < -0.39 is 0 Å². The van der Waals surface area contributed by atoms with Crippen molar-refractivity contribution in [1.29, 1.82) is 0 Å². The first-order chi connectivity index (χ1) is 10.1. The number of nitrogens with one attached hydrogen (secondary N) is 2. The monoisotopic (exact) mass is 284 g/mol. The Labute approximate surface area is 121 Å². The van der Waals surface area contributed by atoms with Gasteiger partial charge in [-0.15, -0.1) is 0 Å². The molecule has 0 saturated carbocycles. The molecule has 108 valence electrons. The fourth-order valence-corrected chi connectivity index (χ4v) is 2.15. The van der Waals surface area contributed by atoms with Crippen LogP contribution >= 0.6 is 0 Å². The first kappa shape index (κ1) is 13.2. The summed E-state index contributed by atoms with van der Waals surface area (Å²) in [4.78, 5) is 12.5. The fraction of sp³-hybridized carbons (Fsp3) is 0.214. The average Bonchev–Trinajstić information content (AvgIpc) is 3.15. The Morgan fingerprint density at radius 3 is 2.62 bits per heavy atom. The molecule has 7 nitrogen and oxygen atoms in total. The quantitative estimate of drug-likeness (QED) is 0.769. The Bertz CT molecular complexity index is 781. The molecule has 0 spiro atoms. The summed E-state index contributed by atoms with van der Waals surface area (Å²) < 4.78 is 3.52. The topological polar surface area (TPSA) is 80.5 Å². The molecule has 0 atom stereocenters. The van der Waals surface area contributed by atoms with Crippen molar-refractivity contribution in [1.82, 2.24) is 24.5 Å². The number of nitrogens with zero attached hydrogens (tertiary/aromatic N) is 4. The first-order valence-corrected chi connectivity index (χ1v) is 6.56. The Morgan fingerprint density at radius 1 is 1.29 bits per heavy atom. The molecule has 21 heavy (non-hydrogen) atoms. The van der Waals surface area contributed by atoms with Crippen LogP contribution in [0, 0.1) is 13.8 Å². The molecular weight excluding hydrogens is 268 g/mol. The molecule has 0 aliphatic heterocycles. The van der Waals surface area contributed by atoms with Gasteiger partial charge in [0.05, 0.1) is 6.20 Å². The van der Waals surface area contributed by atoms with E-state index in [2.05, 4.69) is 20.6 Å². The summed E-state index contributed by atoms with van der Waals surface area (Å²) in [6.07, 6.45) is 5.30. The summed E-state index contributed by atoms with van der Waals surface area (Å²) >= 11 is 0. The number of hydrogen-bond donors (Lipinski definition) is 2. The van der Waals surface area contributed by atoms with Gasteiger partial charge in [-0.05, 0) is 26.0 Å². The van der Waals surface area contributed by atoms with Crippen molar-refractivity contribution in [3.8, 4) is 5.82 Å². The number of H-pyrrole nitrogens is 1. The number of hydrogen-bond acceptors (Lipinski definition) is 3. The van der Waals surface area contributed by atoms with E-state index in [9.17, 15) is 4.79 Å². The van der Waals surface area contributed by atoms with E-state index in [-0.39, 0.29) is 5.91 Å². The third-order valence-electron chi connectivity index (χ3n) is 3.49. The van der Waals surface area contributed by atoms with Crippen molar-refractivity contribution in [2.45, 2.75) is 13.8 Å². The average molecular weight is 284 g/mol. The van der Waals surface area contributed by atoms with Crippen LogP contribution in [-0.2, 0) is 7.05 Å². The van der Waals surface area contributed by atoms with Crippen LogP contribution in [0.1, 0.15) is 21.6 Å². The lowest BCUT2D eigenvalue weighted by Gasteiger charge is -2.07. The number of carbonyl (C=O) groups excluding carboxylic acids is 1. The summed E-state index contributed by atoms with van der Waals surface area (Å²) in [5, 5.41) is 13.9. The van der Waals surface area contributed by atoms with Crippen molar-refractivity contribution in [2.24, 2.45) is 7.05 Å². The highest BCUT2D eigenvalue weighted by atomic mass is 16.1. The van der Waals surface area contributed by atoms with Crippen LogP contribution in [0.4, 0.5) is 5.82 Å². The SMILES string of the molecule is Cc1[nH]nc(NC(=O)c2cnn(C)c2-n2cccc2)c1C. The summed E-state index contributed by atoms with van der Waals surface area (Å²) in [7, 11) is 1.80. The van der Waals surface area contributed by atoms with Crippen molar-refractivity contribution in [2.75, 3.05) is 5.32 Å². The lowest BCUT2D eigenvalue weighted by molar-refractivity contribution is 0.102. The molecule has 3 aromatic rings. The van der Waals surface area contributed by atoms with E-state index in [1.54, 1.807) is 17.9 Å². The van der Waals surface area contributed by atoms with Crippen LogP contribution in [0.25, 0.3) is 5.82 Å². The Hall–Kier alpha value is -2.83. The van der Waals surface area contributed by atoms with Crippen LogP contribution in [-0.4, -0.2) is 30.5 Å². The molecular formula is C14H16N6O. The molecule has 0 aliphatic carbocycles. The highest BCUT2D eigenvalue weighted by molar-refractivity contribution is 6.06. The minimum absolute atomic E-state index is 0.235. The molecule has 2 N–H and O–H groups in total. The van der Waals surface area contributed by atoms with Gasteiger partial charge in [0.15, 0.2) is 5.82 Å². The van der Waals surface area contributed by atoms with Gasteiger partial charge in [-0.2, -0.15) is 10.2 Å². The number of aromatic nitrogens is 5. The van der Waals surface area contributed by atoms with Crippen LogP contribution in [0.2, 0.25) is 0 Å². The third kappa shape index (κ3) is 2.22. The van der Waals surface area contributed by atoms with E-state index in [0.29, 0.717) is 17.2 Å². The Morgan fingerprint density at radius 2 is 2.00 bits per heavy atom. The Kier molecular flexibility index (Phi) is 3.09. The minimum Gasteiger partial charge on any atom is -0.308 e. The molecule has 0 bridgehead atoms. The maximum absolute atomic E-state index is 12.5. The van der Waals surface area contributed by atoms with Crippen LogP contribution in [0.3, 0.4) is 0 Å². The van der Waals surface area contributed by atoms with Crippen molar-refractivity contribution < 1.29 is 4.79 Å². The zero-order valence-corrected chi connectivity index (χ0v) is 12.1. The van der Waals surface area contributed by atoms with Crippen LogP contribution in [0.5, 0.6) is 0 Å². The molecule has 0 aromatic carbocycles. The van der Waals surface area contributed by atoms with Crippen molar-refractivity contribution in [3.63, 3.8) is 0 Å². The molecule has 3 rings (SSSR count). The first-order valence-electron chi connectivity index (χ1n) is 6.56. The summed E-state index contributed by atoms with van der Waals surface area (Å²) in [5.41, 5.74) is 2.35. The van der Waals surface area contributed by atoms with E-state index in [1.165, 1.54) is 0 Å². The van der Waals surface area contributed by atoms with Crippen molar-refractivity contribution >= 4 is 11.7 Å². The minimum atomic E-state index is -0.235. The maximum Gasteiger partial charge on any atom is 0.262 e. The van der Waals surface area contributed by atoms with E-state index in [1.807, 2.05) is 42.9 Å². The van der Waals surface area contributed by atoms with Gasteiger partial charge in [0.1, 0.15) is 11.4 Å². The smallest absolute Gasteiger partial charge is 0.262 e. The van der Waals surface area contributed by atoms with Gasteiger partial charge >= 0.3 is 0 Å². The van der Waals surface area contributed by atoms with Gasteiger partial charge in [0, 0.05) is 30.7 Å². The second-order valence-electron chi connectivity index (χ2n) is 4.87.